The lowest BCUT2D eigenvalue weighted by Crippen LogP contribution is -1.92. The van der Waals surface area contributed by atoms with E-state index >= 15 is 0 Å². The Balaban J connectivity index is 1.48. The summed E-state index contributed by atoms with van der Waals surface area (Å²) >= 11 is 0. The van der Waals surface area contributed by atoms with Gasteiger partial charge < -0.3 is 9.97 Å². The molecule has 3 aromatic heterocycles. The third kappa shape index (κ3) is 9.49. The number of fused-ring (bicyclic) bond motifs is 8. The van der Waals surface area contributed by atoms with Crippen LogP contribution < -0.4 is 0 Å². The third-order valence-electron chi connectivity index (χ3n) is 13.2. The lowest BCUT2D eigenvalue weighted by Gasteiger charge is -2.10. The van der Waals surface area contributed by atoms with Gasteiger partial charge >= 0.3 is 0 Å². The number of hydrogen-bond donors (Lipinski definition) is 2. The molecule has 2 aliphatic rings. The molecule has 0 aliphatic carbocycles. The van der Waals surface area contributed by atoms with Crippen LogP contribution in [-0.2, 0) is 0 Å². The average Bonchev–Trinajstić information content (AvgIpc) is 4.21. The van der Waals surface area contributed by atoms with Crippen molar-refractivity contribution in [2.75, 3.05) is 0 Å². The Morgan fingerprint density at radius 2 is 0.800 bits per heavy atom. The largest absolute Gasteiger partial charge is 0.354 e. The van der Waals surface area contributed by atoms with E-state index in [1.54, 1.807) is 0 Å². The molecule has 0 spiro atoms. The molecule has 342 valence electrons. The molecule has 0 saturated carbocycles. The quantitative estimate of drug-likeness (QED) is 0.0810. The molecule has 9 rings (SSSR count). The predicted molar refractivity (Wildman–Crippen MR) is 292 cm³/mol. The van der Waals surface area contributed by atoms with Gasteiger partial charge in [0.05, 0.1) is 28.3 Å². The number of hydrogen-bond acceptors (Lipinski definition) is 4. The van der Waals surface area contributed by atoms with Crippen LogP contribution in [0.25, 0.3) is 97.0 Å². The van der Waals surface area contributed by atoms with Gasteiger partial charge in [0.25, 0.3) is 0 Å². The molecule has 70 heavy (non-hydrogen) atoms. The number of benzene rings is 4. The smallest absolute Gasteiger partial charge is 0.130 e. The minimum Gasteiger partial charge on any atom is -0.354 e. The van der Waals surface area contributed by atoms with E-state index in [0.29, 0.717) is 23.7 Å². The summed E-state index contributed by atoms with van der Waals surface area (Å²) < 4.78 is 0. The van der Waals surface area contributed by atoms with Gasteiger partial charge in [0, 0.05) is 44.4 Å². The van der Waals surface area contributed by atoms with Crippen LogP contribution in [0.2, 0.25) is 0 Å². The fraction of sp³-hybridized carbons (Fsp3) is 0.188. The van der Waals surface area contributed by atoms with Gasteiger partial charge in [-0.1, -0.05) is 164 Å². The Bertz CT molecular complexity index is 3580. The molecule has 0 radical (unpaired) electrons. The molecule has 0 fully saturated rings. The fourth-order valence-corrected chi connectivity index (χ4v) is 9.17. The van der Waals surface area contributed by atoms with Gasteiger partial charge in [-0.2, -0.15) is 10.5 Å². The Morgan fingerprint density at radius 1 is 0.443 bits per heavy atom. The van der Waals surface area contributed by atoms with Crippen molar-refractivity contribution < 1.29 is 0 Å². The molecule has 0 unspecified atom stereocenters. The number of H-pyrrole nitrogens is 2. The third-order valence-corrected chi connectivity index (χ3v) is 13.2. The van der Waals surface area contributed by atoms with E-state index in [2.05, 4.69) is 216 Å². The van der Waals surface area contributed by atoms with Crippen LogP contribution in [0.1, 0.15) is 130 Å². The Hall–Kier alpha value is -8.50. The second-order valence-electron chi connectivity index (χ2n) is 19.2. The molecule has 0 amide bonds. The van der Waals surface area contributed by atoms with E-state index in [-0.39, 0.29) is 5.57 Å². The lowest BCUT2D eigenvalue weighted by molar-refractivity contribution is 0.867. The maximum atomic E-state index is 9.36. The molecule has 2 aliphatic heterocycles. The summed E-state index contributed by atoms with van der Waals surface area (Å²) in [6.07, 6.45) is 13.4. The van der Waals surface area contributed by atoms with E-state index in [1.807, 2.05) is 18.2 Å². The SMILES string of the molecule is CC(C)c1ccc(-c2c3nc(c(-c4ccc(C(C)C)cc4)c4cc(C=C=C=CC=C(C#N)C#N)c([nH]4)c(-c4ccc(C(C)C)cc4)c4nc(c(-c5ccc(C(C)C)cc5)c5ccc2[nH]5)C=C4)C=C3)cc1. The summed E-state index contributed by atoms with van der Waals surface area (Å²) in [6.45, 7) is 17.7. The van der Waals surface area contributed by atoms with E-state index in [4.69, 9.17) is 9.97 Å². The highest BCUT2D eigenvalue weighted by atomic mass is 14.8. The molecule has 6 heteroatoms. The zero-order valence-corrected chi connectivity index (χ0v) is 41.1. The molecule has 2 N–H and O–H groups in total. The minimum absolute atomic E-state index is 0.0128. The van der Waals surface area contributed by atoms with Crippen molar-refractivity contribution in [1.29, 1.82) is 10.5 Å². The first-order valence-corrected chi connectivity index (χ1v) is 24.2. The van der Waals surface area contributed by atoms with Gasteiger partial charge in [0.2, 0.25) is 0 Å². The van der Waals surface area contributed by atoms with Gasteiger partial charge in [-0.05, 0) is 129 Å². The summed E-state index contributed by atoms with van der Waals surface area (Å²) in [6, 6.07) is 45.7. The van der Waals surface area contributed by atoms with Crippen LogP contribution in [-0.4, -0.2) is 19.9 Å². The number of allylic oxidation sites excluding steroid dienone is 3. The second-order valence-corrected chi connectivity index (χ2v) is 19.2. The zero-order chi connectivity index (χ0) is 49.1. The molecule has 4 aromatic carbocycles. The van der Waals surface area contributed by atoms with Gasteiger partial charge in [0.15, 0.2) is 0 Å². The normalized spacial score (nSPS) is 11.7. The van der Waals surface area contributed by atoms with Crippen LogP contribution in [0, 0.1) is 22.7 Å². The van der Waals surface area contributed by atoms with Crippen molar-refractivity contribution >= 4 is 52.4 Å². The van der Waals surface area contributed by atoms with Crippen LogP contribution in [0.15, 0.2) is 144 Å². The molecule has 7 aromatic rings. The summed E-state index contributed by atoms with van der Waals surface area (Å²) in [4.78, 5) is 19.0. The van der Waals surface area contributed by atoms with Gasteiger partial charge in [-0.25, -0.2) is 9.97 Å². The van der Waals surface area contributed by atoms with Crippen LogP contribution in [0.5, 0.6) is 0 Å². The fourth-order valence-electron chi connectivity index (χ4n) is 9.17. The van der Waals surface area contributed by atoms with E-state index in [9.17, 15) is 10.5 Å². The molecule has 0 atom stereocenters. The maximum absolute atomic E-state index is 9.36. The second kappa shape index (κ2) is 20.0. The number of aromatic nitrogens is 4. The minimum atomic E-state index is -0.0128. The summed E-state index contributed by atoms with van der Waals surface area (Å²) in [5.41, 5.74) is 27.0. The standard InChI is InChI=1S/C64H56N6/c1-39(2)44-14-22-48(23-15-44)60-53-30-31-54(67-53)61(49-24-16-45(17-25-49)40(3)4)56-34-35-58(69-56)63(51-28-20-47(21-29-51)42(7)8)64-52(13-11-9-10-12-43(37-65)38-66)36-59(70-64)62(57-33-32-55(60)68-57)50-26-18-46(19-27-50)41(5)6/h10,12-36,39-42,67,70H,1-8H3. The predicted octanol–water partition coefficient (Wildman–Crippen LogP) is 17.1. The van der Waals surface area contributed by atoms with Crippen molar-refractivity contribution in [3.05, 3.63) is 195 Å². The van der Waals surface area contributed by atoms with Crippen molar-refractivity contribution in [3.63, 3.8) is 0 Å². The topological polar surface area (TPSA) is 105 Å². The van der Waals surface area contributed by atoms with Crippen LogP contribution in [0.3, 0.4) is 0 Å². The molecule has 0 saturated heterocycles. The maximum Gasteiger partial charge on any atom is 0.130 e. The van der Waals surface area contributed by atoms with Gasteiger partial charge in [-0.15, -0.1) is 0 Å². The molecule has 8 bridgehead atoms. The Morgan fingerprint density at radius 3 is 1.17 bits per heavy atom. The van der Waals surface area contributed by atoms with Crippen molar-refractivity contribution in [1.82, 2.24) is 19.9 Å². The first-order valence-electron chi connectivity index (χ1n) is 24.2. The van der Waals surface area contributed by atoms with E-state index in [1.165, 1.54) is 34.4 Å². The number of rotatable bonds is 10. The first kappa shape index (κ1) is 46.6. The number of nitriles is 2. The molecular formula is C64H56N6. The van der Waals surface area contributed by atoms with E-state index in [0.717, 1.165) is 94.9 Å². The zero-order valence-electron chi connectivity index (χ0n) is 41.1. The lowest BCUT2D eigenvalue weighted by atomic mass is 9.97. The average molecular weight is 909 g/mol. The highest BCUT2D eigenvalue weighted by molar-refractivity contribution is 6.02. The summed E-state index contributed by atoms with van der Waals surface area (Å²) in [7, 11) is 0. The van der Waals surface area contributed by atoms with Gasteiger partial charge in [-0.3, -0.25) is 0 Å². The Labute approximate surface area is 411 Å². The molecular weight excluding hydrogens is 853 g/mol. The number of nitrogens with zero attached hydrogens (tertiary/aromatic N) is 4. The first-order chi connectivity index (χ1) is 33.9. The summed E-state index contributed by atoms with van der Waals surface area (Å²) in [5.74, 6) is 1.50. The van der Waals surface area contributed by atoms with Crippen LogP contribution in [0.4, 0.5) is 0 Å². The highest BCUT2D eigenvalue weighted by Crippen LogP contribution is 2.40. The number of nitrogens with one attached hydrogen (secondary N) is 2. The number of aromatic amines is 2. The monoisotopic (exact) mass is 908 g/mol. The van der Waals surface area contributed by atoms with Crippen LogP contribution >= 0.6 is 0 Å². The molecule has 6 nitrogen and oxygen atoms in total. The highest BCUT2D eigenvalue weighted by Gasteiger charge is 2.21. The van der Waals surface area contributed by atoms with E-state index < -0.39 is 0 Å². The molecule has 5 heterocycles. The van der Waals surface area contributed by atoms with Crippen molar-refractivity contribution in [3.8, 4) is 56.6 Å². The summed E-state index contributed by atoms with van der Waals surface area (Å²) in [5, 5.41) is 18.7. The Kier molecular flexibility index (Phi) is 13.3. The van der Waals surface area contributed by atoms with Crippen molar-refractivity contribution in [2.24, 2.45) is 0 Å². The van der Waals surface area contributed by atoms with Gasteiger partial charge in [0.1, 0.15) is 17.7 Å². The van der Waals surface area contributed by atoms with Crippen molar-refractivity contribution in [2.45, 2.75) is 79.1 Å².